The highest BCUT2D eigenvalue weighted by molar-refractivity contribution is 5.97. The number of phenols is 1. The SMILES string of the molecule is Cc1cccc(C(=O)N(CCCN)C2CCCC2)c1O. The Labute approximate surface area is 120 Å². The van der Waals surface area contributed by atoms with Crippen LogP contribution < -0.4 is 5.73 Å². The van der Waals surface area contributed by atoms with E-state index in [1.54, 1.807) is 6.07 Å². The molecule has 1 aromatic carbocycles. The maximum atomic E-state index is 12.7. The number of hydrogen-bond donors (Lipinski definition) is 2. The van der Waals surface area contributed by atoms with Crippen molar-refractivity contribution in [2.75, 3.05) is 13.1 Å². The summed E-state index contributed by atoms with van der Waals surface area (Å²) < 4.78 is 0. The number of hydrogen-bond acceptors (Lipinski definition) is 3. The van der Waals surface area contributed by atoms with E-state index in [2.05, 4.69) is 0 Å². The minimum absolute atomic E-state index is 0.0634. The quantitative estimate of drug-likeness (QED) is 0.868. The molecule has 1 aliphatic carbocycles. The van der Waals surface area contributed by atoms with Crippen LogP contribution in [0.25, 0.3) is 0 Å². The van der Waals surface area contributed by atoms with Gasteiger partial charge in [0.05, 0.1) is 5.56 Å². The molecule has 3 N–H and O–H groups in total. The summed E-state index contributed by atoms with van der Waals surface area (Å²) in [7, 11) is 0. The number of phenolic OH excluding ortho intramolecular Hbond substituents is 1. The lowest BCUT2D eigenvalue weighted by Gasteiger charge is -2.29. The second kappa shape index (κ2) is 6.75. The maximum Gasteiger partial charge on any atom is 0.257 e. The van der Waals surface area contributed by atoms with Crippen LogP contribution in [0.3, 0.4) is 0 Å². The number of nitrogens with two attached hydrogens (primary N) is 1. The molecule has 20 heavy (non-hydrogen) atoms. The molecule has 1 fully saturated rings. The topological polar surface area (TPSA) is 66.6 Å². The van der Waals surface area contributed by atoms with Crippen LogP contribution in [0.2, 0.25) is 0 Å². The van der Waals surface area contributed by atoms with Gasteiger partial charge < -0.3 is 15.7 Å². The van der Waals surface area contributed by atoms with Gasteiger partial charge in [0.25, 0.3) is 5.91 Å². The Bertz CT molecular complexity index is 468. The molecule has 0 unspecified atom stereocenters. The zero-order chi connectivity index (χ0) is 14.5. The first-order valence-corrected chi connectivity index (χ1v) is 7.44. The van der Waals surface area contributed by atoms with E-state index in [4.69, 9.17) is 5.73 Å². The first-order chi connectivity index (χ1) is 9.65. The number of nitrogens with zero attached hydrogens (tertiary/aromatic N) is 1. The van der Waals surface area contributed by atoms with Crippen LogP contribution in [0.1, 0.15) is 48.0 Å². The van der Waals surface area contributed by atoms with Crippen molar-refractivity contribution in [1.82, 2.24) is 4.90 Å². The predicted octanol–water partition coefficient (Wildman–Crippen LogP) is 2.43. The Kier molecular flexibility index (Phi) is 5.01. The lowest BCUT2D eigenvalue weighted by molar-refractivity contribution is 0.0677. The zero-order valence-electron chi connectivity index (χ0n) is 12.1. The lowest BCUT2D eigenvalue weighted by Crippen LogP contribution is -2.40. The molecule has 2 rings (SSSR count). The van der Waals surface area contributed by atoms with Crippen molar-refractivity contribution in [2.45, 2.75) is 45.1 Å². The van der Waals surface area contributed by atoms with Crippen LogP contribution in [-0.2, 0) is 0 Å². The van der Waals surface area contributed by atoms with Crippen LogP contribution >= 0.6 is 0 Å². The number of amides is 1. The van der Waals surface area contributed by atoms with Gasteiger partial charge in [-0.15, -0.1) is 0 Å². The van der Waals surface area contributed by atoms with E-state index in [9.17, 15) is 9.90 Å². The minimum Gasteiger partial charge on any atom is -0.507 e. The fourth-order valence-corrected chi connectivity index (χ4v) is 2.91. The van der Waals surface area contributed by atoms with Crippen LogP contribution in [-0.4, -0.2) is 35.0 Å². The third kappa shape index (κ3) is 3.12. The molecule has 1 saturated carbocycles. The molecule has 0 bridgehead atoms. The summed E-state index contributed by atoms with van der Waals surface area (Å²) >= 11 is 0. The van der Waals surface area contributed by atoms with E-state index < -0.39 is 0 Å². The van der Waals surface area contributed by atoms with Crippen molar-refractivity contribution in [3.05, 3.63) is 29.3 Å². The smallest absolute Gasteiger partial charge is 0.257 e. The van der Waals surface area contributed by atoms with Gasteiger partial charge in [-0.25, -0.2) is 0 Å². The summed E-state index contributed by atoms with van der Waals surface area (Å²) in [6.45, 7) is 3.07. The van der Waals surface area contributed by atoms with Crippen LogP contribution in [0.5, 0.6) is 5.75 Å². The monoisotopic (exact) mass is 276 g/mol. The molecule has 0 spiro atoms. The predicted molar refractivity (Wildman–Crippen MR) is 79.8 cm³/mol. The average Bonchev–Trinajstić information content (AvgIpc) is 2.96. The molecule has 0 aromatic heterocycles. The molecule has 1 aromatic rings. The van der Waals surface area contributed by atoms with E-state index in [0.717, 1.165) is 24.8 Å². The summed E-state index contributed by atoms with van der Waals surface area (Å²) in [6, 6.07) is 5.63. The number of carbonyl (C=O) groups is 1. The highest BCUT2D eigenvalue weighted by Gasteiger charge is 2.28. The van der Waals surface area contributed by atoms with Crippen LogP contribution in [0.15, 0.2) is 18.2 Å². The van der Waals surface area contributed by atoms with Crippen molar-refractivity contribution in [1.29, 1.82) is 0 Å². The van der Waals surface area contributed by atoms with Gasteiger partial charge in [0.1, 0.15) is 5.75 Å². The molecule has 0 saturated heterocycles. The van der Waals surface area contributed by atoms with Crippen molar-refractivity contribution >= 4 is 5.91 Å². The van der Waals surface area contributed by atoms with Gasteiger partial charge in [-0.2, -0.15) is 0 Å². The van der Waals surface area contributed by atoms with Gasteiger partial charge >= 0.3 is 0 Å². The molecule has 4 nitrogen and oxygen atoms in total. The number of carbonyl (C=O) groups excluding carboxylic acids is 1. The molecule has 0 heterocycles. The van der Waals surface area contributed by atoms with Gasteiger partial charge in [0.15, 0.2) is 0 Å². The Hall–Kier alpha value is -1.55. The van der Waals surface area contributed by atoms with Crippen molar-refractivity contribution in [3.8, 4) is 5.75 Å². The third-order valence-corrected chi connectivity index (χ3v) is 4.10. The largest absolute Gasteiger partial charge is 0.507 e. The standard InChI is InChI=1S/C16H24N2O2/c1-12-6-4-9-14(15(12)19)16(20)18(11-5-10-17)13-7-2-3-8-13/h4,6,9,13,19H,2-3,5,7-8,10-11,17H2,1H3. The van der Waals surface area contributed by atoms with E-state index in [1.165, 1.54) is 12.8 Å². The highest BCUT2D eigenvalue weighted by atomic mass is 16.3. The molecule has 110 valence electrons. The third-order valence-electron chi connectivity index (χ3n) is 4.10. The van der Waals surface area contributed by atoms with Crippen molar-refractivity contribution in [2.24, 2.45) is 5.73 Å². The summed E-state index contributed by atoms with van der Waals surface area (Å²) in [6.07, 6.45) is 5.27. The Morgan fingerprint density at radius 2 is 2.10 bits per heavy atom. The summed E-state index contributed by atoms with van der Waals surface area (Å²) in [5.41, 5.74) is 6.73. The molecule has 1 aliphatic rings. The molecule has 0 radical (unpaired) electrons. The van der Waals surface area contributed by atoms with E-state index in [1.807, 2.05) is 24.0 Å². The number of aryl methyl sites for hydroxylation is 1. The molecule has 0 aliphatic heterocycles. The van der Waals surface area contributed by atoms with E-state index >= 15 is 0 Å². The molecular formula is C16H24N2O2. The van der Waals surface area contributed by atoms with Gasteiger partial charge in [0.2, 0.25) is 0 Å². The molecule has 1 amide bonds. The number of benzene rings is 1. The summed E-state index contributed by atoms with van der Waals surface area (Å²) in [5.74, 6) is 0.0415. The average molecular weight is 276 g/mol. The summed E-state index contributed by atoms with van der Waals surface area (Å²) in [5, 5.41) is 10.1. The van der Waals surface area contributed by atoms with Gasteiger partial charge in [-0.1, -0.05) is 25.0 Å². The highest BCUT2D eigenvalue weighted by Crippen LogP contribution is 2.28. The second-order valence-corrected chi connectivity index (χ2v) is 5.55. The molecule has 4 heteroatoms. The van der Waals surface area contributed by atoms with Crippen LogP contribution in [0, 0.1) is 6.92 Å². The van der Waals surface area contributed by atoms with E-state index in [0.29, 0.717) is 24.7 Å². The Morgan fingerprint density at radius 1 is 1.40 bits per heavy atom. The van der Waals surface area contributed by atoms with Gasteiger partial charge in [-0.05, 0) is 44.4 Å². The Balaban J connectivity index is 2.22. The number of aromatic hydroxyl groups is 1. The fraction of sp³-hybridized carbons (Fsp3) is 0.562. The molecular weight excluding hydrogens is 252 g/mol. The van der Waals surface area contributed by atoms with E-state index in [-0.39, 0.29) is 11.7 Å². The fourth-order valence-electron chi connectivity index (χ4n) is 2.91. The minimum atomic E-state index is -0.0634. The normalized spacial score (nSPS) is 15.5. The second-order valence-electron chi connectivity index (χ2n) is 5.55. The van der Waals surface area contributed by atoms with Gasteiger partial charge in [0, 0.05) is 12.6 Å². The summed E-state index contributed by atoms with van der Waals surface area (Å²) in [4.78, 5) is 14.6. The zero-order valence-corrected chi connectivity index (χ0v) is 12.1. The number of para-hydroxylation sites is 1. The lowest BCUT2D eigenvalue weighted by atomic mass is 10.1. The van der Waals surface area contributed by atoms with Crippen LogP contribution in [0.4, 0.5) is 0 Å². The number of rotatable bonds is 5. The molecule has 0 atom stereocenters. The first-order valence-electron chi connectivity index (χ1n) is 7.44. The van der Waals surface area contributed by atoms with Crippen molar-refractivity contribution in [3.63, 3.8) is 0 Å². The first kappa shape index (κ1) is 14.9. The van der Waals surface area contributed by atoms with Gasteiger partial charge in [-0.3, -0.25) is 4.79 Å². The Morgan fingerprint density at radius 3 is 2.75 bits per heavy atom. The maximum absolute atomic E-state index is 12.7. The van der Waals surface area contributed by atoms with Crippen molar-refractivity contribution < 1.29 is 9.90 Å².